The van der Waals surface area contributed by atoms with Crippen molar-refractivity contribution >= 4 is 30.1 Å². The molecule has 0 bridgehead atoms. The Kier molecular flexibility index (Phi) is 6.69. The van der Waals surface area contributed by atoms with Crippen LogP contribution in [0.2, 0.25) is 0 Å². The second-order valence-electron chi connectivity index (χ2n) is 4.76. The van der Waals surface area contributed by atoms with Gasteiger partial charge in [-0.3, -0.25) is 4.79 Å². The van der Waals surface area contributed by atoms with Gasteiger partial charge in [0.05, 0.1) is 6.04 Å². The Labute approximate surface area is 125 Å². The van der Waals surface area contributed by atoms with E-state index in [-0.39, 0.29) is 18.3 Å². The number of likely N-dealkylation sites (N-methyl/N-ethyl adjacent to an activating group) is 1. The topological polar surface area (TPSA) is 46.3 Å². The Balaban J connectivity index is 0.00000180. The first-order valence-electron chi connectivity index (χ1n) is 6.32. The Morgan fingerprint density at radius 3 is 2.74 bits per heavy atom. The van der Waals surface area contributed by atoms with Gasteiger partial charge in [-0.1, -0.05) is 30.3 Å². The lowest BCUT2D eigenvalue weighted by Crippen LogP contribution is -2.47. The van der Waals surface area contributed by atoms with Crippen LogP contribution in [0.5, 0.6) is 0 Å². The van der Waals surface area contributed by atoms with E-state index in [0.29, 0.717) is 12.5 Å². The highest BCUT2D eigenvalue weighted by atomic mass is 35.5. The molecule has 3 nitrogen and oxygen atoms in total. The molecule has 1 saturated heterocycles. The number of nitrogens with zero attached hydrogens (tertiary/aromatic N) is 1. The van der Waals surface area contributed by atoms with Crippen LogP contribution in [0.25, 0.3) is 0 Å². The summed E-state index contributed by atoms with van der Waals surface area (Å²) >= 11 is 1.91. The highest BCUT2D eigenvalue weighted by Gasteiger charge is 2.27. The zero-order chi connectivity index (χ0) is 13.0. The largest absolute Gasteiger partial charge is 0.341 e. The fourth-order valence-electron chi connectivity index (χ4n) is 2.22. The molecule has 2 atom stereocenters. The molecule has 0 saturated carbocycles. The smallest absolute Gasteiger partial charge is 0.239 e. The van der Waals surface area contributed by atoms with Crippen molar-refractivity contribution in [1.29, 1.82) is 0 Å². The molecule has 2 unspecified atom stereocenters. The highest BCUT2D eigenvalue weighted by Crippen LogP contribution is 2.21. The van der Waals surface area contributed by atoms with E-state index in [1.54, 1.807) is 0 Å². The number of carbonyl (C=O) groups is 1. The SMILES string of the molecule is CN(C(=O)C(N)Cc1ccccc1)C1CCSC1.Cl. The van der Waals surface area contributed by atoms with E-state index in [9.17, 15) is 4.79 Å². The number of hydrogen-bond donors (Lipinski definition) is 1. The van der Waals surface area contributed by atoms with Gasteiger partial charge in [-0.25, -0.2) is 0 Å². The van der Waals surface area contributed by atoms with Crippen molar-refractivity contribution < 1.29 is 4.79 Å². The van der Waals surface area contributed by atoms with Gasteiger partial charge in [-0.15, -0.1) is 12.4 Å². The number of benzene rings is 1. The maximum atomic E-state index is 12.2. The minimum Gasteiger partial charge on any atom is -0.341 e. The van der Waals surface area contributed by atoms with Crippen molar-refractivity contribution in [2.75, 3.05) is 18.6 Å². The van der Waals surface area contributed by atoms with Gasteiger partial charge in [0.25, 0.3) is 0 Å². The van der Waals surface area contributed by atoms with E-state index in [4.69, 9.17) is 5.73 Å². The van der Waals surface area contributed by atoms with Crippen LogP contribution in [-0.2, 0) is 11.2 Å². The summed E-state index contributed by atoms with van der Waals surface area (Å²) in [5.41, 5.74) is 7.14. The Morgan fingerprint density at radius 2 is 2.16 bits per heavy atom. The number of amides is 1. The molecule has 0 aromatic heterocycles. The van der Waals surface area contributed by atoms with E-state index in [0.717, 1.165) is 23.5 Å². The molecule has 1 amide bonds. The van der Waals surface area contributed by atoms with E-state index in [1.165, 1.54) is 0 Å². The molecule has 0 radical (unpaired) electrons. The van der Waals surface area contributed by atoms with Crippen molar-refractivity contribution in [2.45, 2.75) is 24.9 Å². The van der Waals surface area contributed by atoms with Crippen LogP contribution in [0, 0.1) is 0 Å². The fraction of sp³-hybridized carbons (Fsp3) is 0.500. The standard InChI is InChI=1S/C14H20N2OS.ClH/c1-16(12-7-8-18-10-12)14(17)13(15)9-11-5-3-2-4-6-11;/h2-6,12-13H,7-10,15H2,1H3;1H. The molecule has 0 spiro atoms. The number of halogens is 1. The maximum Gasteiger partial charge on any atom is 0.239 e. The van der Waals surface area contributed by atoms with E-state index in [1.807, 2.05) is 54.0 Å². The first-order valence-corrected chi connectivity index (χ1v) is 7.48. The number of rotatable bonds is 4. The number of thioether (sulfide) groups is 1. The Morgan fingerprint density at radius 1 is 1.47 bits per heavy atom. The molecule has 106 valence electrons. The van der Waals surface area contributed by atoms with E-state index in [2.05, 4.69) is 0 Å². The monoisotopic (exact) mass is 300 g/mol. The Bertz CT molecular complexity index is 396. The summed E-state index contributed by atoms with van der Waals surface area (Å²) in [6.07, 6.45) is 1.70. The lowest BCUT2D eigenvalue weighted by Gasteiger charge is -2.26. The summed E-state index contributed by atoms with van der Waals surface area (Å²) in [6.45, 7) is 0. The van der Waals surface area contributed by atoms with Crippen LogP contribution in [0.4, 0.5) is 0 Å². The maximum absolute atomic E-state index is 12.2. The third-order valence-corrected chi connectivity index (χ3v) is 4.56. The first-order chi connectivity index (χ1) is 8.68. The average Bonchev–Trinajstić information content (AvgIpc) is 2.92. The van der Waals surface area contributed by atoms with Crippen LogP contribution in [0.15, 0.2) is 30.3 Å². The highest BCUT2D eigenvalue weighted by molar-refractivity contribution is 7.99. The summed E-state index contributed by atoms with van der Waals surface area (Å²) in [5, 5.41) is 0. The lowest BCUT2D eigenvalue weighted by molar-refractivity contribution is -0.132. The molecule has 1 fully saturated rings. The zero-order valence-electron chi connectivity index (χ0n) is 11.1. The molecule has 5 heteroatoms. The molecule has 1 heterocycles. The van der Waals surface area contributed by atoms with Gasteiger partial charge in [-0.2, -0.15) is 11.8 Å². The predicted molar refractivity (Wildman–Crippen MR) is 83.9 cm³/mol. The van der Waals surface area contributed by atoms with Crippen molar-refractivity contribution in [2.24, 2.45) is 5.73 Å². The second kappa shape index (κ2) is 7.78. The average molecular weight is 301 g/mol. The predicted octanol–water partition coefficient (Wildman–Crippen LogP) is 1.94. The molecular weight excluding hydrogens is 280 g/mol. The third kappa shape index (κ3) is 4.41. The summed E-state index contributed by atoms with van der Waals surface area (Å²) in [4.78, 5) is 14.1. The van der Waals surface area contributed by atoms with Crippen LogP contribution in [0.1, 0.15) is 12.0 Å². The van der Waals surface area contributed by atoms with Crippen molar-refractivity contribution in [3.8, 4) is 0 Å². The molecule has 2 rings (SSSR count). The minimum atomic E-state index is -0.428. The van der Waals surface area contributed by atoms with Gasteiger partial charge in [0, 0.05) is 18.8 Å². The Hall–Kier alpha value is -0.710. The van der Waals surface area contributed by atoms with E-state index >= 15 is 0 Å². The fourth-order valence-corrected chi connectivity index (χ4v) is 3.49. The van der Waals surface area contributed by atoms with Gasteiger partial charge in [0.2, 0.25) is 5.91 Å². The van der Waals surface area contributed by atoms with Crippen molar-refractivity contribution in [3.05, 3.63) is 35.9 Å². The molecule has 0 aliphatic carbocycles. The van der Waals surface area contributed by atoms with Gasteiger partial charge < -0.3 is 10.6 Å². The summed E-state index contributed by atoms with van der Waals surface area (Å²) in [6, 6.07) is 9.89. The van der Waals surface area contributed by atoms with Crippen LogP contribution in [-0.4, -0.2) is 41.4 Å². The van der Waals surface area contributed by atoms with Gasteiger partial charge in [0.1, 0.15) is 0 Å². The van der Waals surface area contributed by atoms with Gasteiger partial charge in [0.15, 0.2) is 0 Å². The zero-order valence-corrected chi connectivity index (χ0v) is 12.8. The number of hydrogen-bond acceptors (Lipinski definition) is 3. The summed E-state index contributed by atoms with van der Waals surface area (Å²) in [5.74, 6) is 2.25. The number of nitrogens with two attached hydrogens (primary N) is 1. The molecular formula is C14H21ClN2OS. The summed E-state index contributed by atoms with van der Waals surface area (Å²) < 4.78 is 0. The third-order valence-electron chi connectivity index (χ3n) is 3.42. The van der Waals surface area contributed by atoms with Gasteiger partial charge in [-0.05, 0) is 24.2 Å². The molecule has 19 heavy (non-hydrogen) atoms. The molecule has 1 aromatic carbocycles. The van der Waals surface area contributed by atoms with Crippen molar-refractivity contribution in [3.63, 3.8) is 0 Å². The van der Waals surface area contributed by atoms with Crippen LogP contribution >= 0.6 is 24.2 Å². The van der Waals surface area contributed by atoms with Crippen LogP contribution in [0.3, 0.4) is 0 Å². The quantitative estimate of drug-likeness (QED) is 0.924. The molecule has 2 N–H and O–H groups in total. The summed E-state index contributed by atoms with van der Waals surface area (Å²) in [7, 11) is 1.88. The molecule has 1 aromatic rings. The lowest BCUT2D eigenvalue weighted by atomic mass is 10.0. The molecule has 1 aliphatic rings. The van der Waals surface area contributed by atoms with Crippen LogP contribution < -0.4 is 5.73 Å². The first kappa shape index (κ1) is 16.3. The van der Waals surface area contributed by atoms with Crippen molar-refractivity contribution in [1.82, 2.24) is 4.90 Å². The molecule has 1 aliphatic heterocycles. The van der Waals surface area contributed by atoms with E-state index < -0.39 is 6.04 Å². The van der Waals surface area contributed by atoms with Gasteiger partial charge >= 0.3 is 0 Å². The minimum absolute atomic E-state index is 0. The normalized spacial score (nSPS) is 19.6. The second-order valence-corrected chi connectivity index (χ2v) is 5.91. The number of carbonyl (C=O) groups excluding carboxylic acids is 1.